The first-order chi connectivity index (χ1) is 9.52. The Morgan fingerprint density at radius 3 is 2.85 bits per heavy atom. The van der Waals surface area contributed by atoms with Crippen molar-refractivity contribution in [2.75, 3.05) is 11.9 Å². The molecule has 1 N–H and O–H groups in total. The molecule has 6 heteroatoms. The van der Waals surface area contributed by atoms with E-state index in [4.69, 9.17) is 4.74 Å². The smallest absolute Gasteiger partial charge is 0.273 e. The van der Waals surface area contributed by atoms with E-state index >= 15 is 0 Å². The normalized spacial score (nSPS) is 10.1. The Morgan fingerprint density at radius 2 is 2.15 bits per heavy atom. The van der Waals surface area contributed by atoms with Gasteiger partial charge in [0.15, 0.2) is 11.7 Å². The number of hydrogen-bond acceptors (Lipinski definition) is 5. The van der Waals surface area contributed by atoms with Crippen molar-refractivity contribution in [2.45, 2.75) is 13.8 Å². The lowest BCUT2D eigenvalue weighted by Gasteiger charge is -2.07. The van der Waals surface area contributed by atoms with Crippen molar-refractivity contribution in [2.24, 2.45) is 0 Å². The molecule has 2 rings (SSSR count). The Bertz CT molecular complexity index is 682. The molecule has 0 fully saturated rings. The molecule has 1 heterocycles. The molecule has 0 bridgehead atoms. The zero-order valence-corrected chi connectivity index (χ0v) is 12.0. The number of ether oxygens (including phenoxy) is 1. The number of aryl methyl sites for hydroxylation is 2. The number of benzene rings is 1. The first kappa shape index (κ1) is 14.2. The first-order valence-corrected chi connectivity index (χ1v) is 6.83. The van der Waals surface area contributed by atoms with Crippen LogP contribution in [0.15, 0.2) is 35.1 Å². The van der Waals surface area contributed by atoms with Crippen molar-refractivity contribution in [1.82, 2.24) is 4.98 Å². The summed E-state index contributed by atoms with van der Waals surface area (Å²) in [6.07, 6.45) is 0. The maximum atomic E-state index is 11.7. The molecule has 0 unspecified atom stereocenters. The Labute approximate surface area is 120 Å². The van der Waals surface area contributed by atoms with Crippen LogP contribution < -0.4 is 15.6 Å². The van der Waals surface area contributed by atoms with Gasteiger partial charge in [0, 0.05) is 10.9 Å². The molecule has 2 aromatic rings. The molecule has 0 saturated carbocycles. The van der Waals surface area contributed by atoms with Crippen LogP contribution in [0.1, 0.15) is 10.4 Å². The van der Waals surface area contributed by atoms with Gasteiger partial charge in [0.2, 0.25) is 0 Å². The summed E-state index contributed by atoms with van der Waals surface area (Å²) >= 11 is 1.25. The number of hydrogen-bond donors (Lipinski definition) is 1. The molecule has 1 aromatic heterocycles. The van der Waals surface area contributed by atoms with Crippen LogP contribution in [0.2, 0.25) is 0 Å². The Hall–Kier alpha value is -2.21. The summed E-state index contributed by atoms with van der Waals surface area (Å²) < 4.78 is 5.37. The highest BCUT2D eigenvalue weighted by Gasteiger charge is 2.06. The second kappa shape index (κ2) is 6.29. The fraction of sp³-hybridized carbons (Fsp3) is 0.214. The zero-order valence-electron chi connectivity index (χ0n) is 11.2. The van der Waals surface area contributed by atoms with Gasteiger partial charge in [-0.15, -0.1) is 11.3 Å². The molecular weight excluding hydrogens is 276 g/mol. The maximum Gasteiger partial charge on any atom is 0.273 e. The van der Waals surface area contributed by atoms with Crippen molar-refractivity contribution in [3.63, 3.8) is 0 Å². The third-order valence-electron chi connectivity index (χ3n) is 2.40. The standard InChI is InChI=1S/C14H14N2O3S/c1-9-4-3-5-11(6-9)19-8-13(18)16-14-15-12(17)7-10(2)20-14/h3-7H,8H2,1-2H3,(H,15,16,17,18). The van der Waals surface area contributed by atoms with Crippen molar-refractivity contribution in [1.29, 1.82) is 0 Å². The Balaban J connectivity index is 1.94. The average Bonchev–Trinajstić information content (AvgIpc) is 2.35. The minimum absolute atomic E-state index is 0.125. The van der Waals surface area contributed by atoms with Gasteiger partial charge >= 0.3 is 0 Å². The van der Waals surface area contributed by atoms with E-state index in [2.05, 4.69) is 10.3 Å². The Morgan fingerprint density at radius 1 is 1.35 bits per heavy atom. The van der Waals surface area contributed by atoms with Gasteiger partial charge in [-0.05, 0) is 31.5 Å². The van der Waals surface area contributed by atoms with Crippen LogP contribution in [0.3, 0.4) is 0 Å². The predicted molar refractivity (Wildman–Crippen MR) is 78.4 cm³/mol. The van der Waals surface area contributed by atoms with Crippen LogP contribution >= 0.6 is 11.3 Å². The molecule has 0 aliphatic rings. The maximum absolute atomic E-state index is 11.7. The summed E-state index contributed by atoms with van der Waals surface area (Å²) in [7, 11) is 0. The second-order valence-corrected chi connectivity index (χ2v) is 5.50. The molecule has 0 aliphatic heterocycles. The van der Waals surface area contributed by atoms with Crippen LogP contribution in [-0.4, -0.2) is 17.5 Å². The molecular formula is C14H14N2O3S. The SMILES string of the molecule is Cc1cccc(OCC(=O)Nc2nc(=O)cc(C)s2)c1. The highest BCUT2D eigenvalue weighted by atomic mass is 32.1. The molecule has 0 spiro atoms. The van der Waals surface area contributed by atoms with E-state index in [9.17, 15) is 9.59 Å². The third kappa shape index (κ3) is 4.17. The number of amides is 1. The topological polar surface area (TPSA) is 68.3 Å². The van der Waals surface area contributed by atoms with Gasteiger partial charge in [-0.25, -0.2) is 0 Å². The van der Waals surface area contributed by atoms with Gasteiger partial charge in [0.1, 0.15) is 5.75 Å². The highest BCUT2D eigenvalue weighted by Crippen LogP contribution is 2.14. The second-order valence-electron chi connectivity index (χ2n) is 4.27. The molecule has 20 heavy (non-hydrogen) atoms. The largest absolute Gasteiger partial charge is 0.484 e. The summed E-state index contributed by atoms with van der Waals surface area (Å²) in [5.74, 6) is 0.283. The number of carbonyl (C=O) groups is 1. The van der Waals surface area contributed by atoms with E-state index in [1.807, 2.05) is 25.1 Å². The van der Waals surface area contributed by atoms with E-state index in [-0.39, 0.29) is 23.2 Å². The molecule has 1 aromatic carbocycles. The number of nitrogens with one attached hydrogen (secondary N) is 1. The van der Waals surface area contributed by atoms with Crippen molar-refractivity contribution < 1.29 is 9.53 Å². The molecule has 0 saturated heterocycles. The summed E-state index contributed by atoms with van der Waals surface area (Å²) in [6.45, 7) is 3.60. The molecule has 104 valence electrons. The number of nitrogens with zero attached hydrogens (tertiary/aromatic N) is 1. The monoisotopic (exact) mass is 290 g/mol. The van der Waals surface area contributed by atoms with Crippen molar-refractivity contribution in [3.8, 4) is 5.75 Å². The predicted octanol–water partition coefficient (Wildman–Crippen LogP) is 2.14. The van der Waals surface area contributed by atoms with Gasteiger partial charge in [0.05, 0.1) is 0 Å². The summed E-state index contributed by atoms with van der Waals surface area (Å²) in [6, 6.07) is 8.85. The lowest BCUT2D eigenvalue weighted by Crippen LogP contribution is -2.21. The van der Waals surface area contributed by atoms with Crippen LogP contribution in [0, 0.1) is 13.8 Å². The highest BCUT2D eigenvalue weighted by molar-refractivity contribution is 7.15. The molecule has 0 aliphatic carbocycles. The lowest BCUT2D eigenvalue weighted by molar-refractivity contribution is -0.118. The van der Waals surface area contributed by atoms with Gasteiger partial charge in [-0.3, -0.25) is 14.9 Å². The molecule has 0 atom stereocenters. The van der Waals surface area contributed by atoms with E-state index in [0.29, 0.717) is 5.75 Å². The van der Waals surface area contributed by atoms with Crippen LogP contribution in [0.25, 0.3) is 0 Å². The van der Waals surface area contributed by atoms with Gasteiger partial charge in [0.25, 0.3) is 11.5 Å². The van der Waals surface area contributed by atoms with Gasteiger partial charge < -0.3 is 4.74 Å². The summed E-state index contributed by atoms with van der Waals surface area (Å²) in [5, 5.41) is 2.84. The van der Waals surface area contributed by atoms with Crippen LogP contribution in [0.4, 0.5) is 5.13 Å². The van der Waals surface area contributed by atoms with Crippen molar-refractivity contribution >= 4 is 22.4 Å². The number of aromatic nitrogens is 1. The molecule has 5 nitrogen and oxygen atoms in total. The fourth-order valence-electron chi connectivity index (χ4n) is 1.57. The third-order valence-corrected chi connectivity index (χ3v) is 3.23. The van der Waals surface area contributed by atoms with E-state index in [1.165, 1.54) is 17.4 Å². The first-order valence-electron chi connectivity index (χ1n) is 6.01. The minimum atomic E-state index is -0.365. The van der Waals surface area contributed by atoms with Gasteiger partial charge in [-0.1, -0.05) is 12.1 Å². The summed E-state index contributed by atoms with van der Waals surface area (Å²) in [5.41, 5.74) is 0.692. The zero-order chi connectivity index (χ0) is 14.5. The average molecular weight is 290 g/mol. The number of carbonyl (C=O) groups excluding carboxylic acids is 1. The number of rotatable bonds is 4. The molecule has 0 radical (unpaired) electrons. The van der Waals surface area contributed by atoms with E-state index < -0.39 is 0 Å². The fourth-order valence-corrected chi connectivity index (χ4v) is 2.34. The summed E-state index contributed by atoms with van der Waals surface area (Å²) in [4.78, 5) is 27.5. The van der Waals surface area contributed by atoms with Gasteiger partial charge in [-0.2, -0.15) is 4.98 Å². The van der Waals surface area contributed by atoms with E-state index in [1.54, 1.807) is 13.0 Å². The molecule has 1 amide bonds. The van der Waals surface area contributed by atoms with E-state index in [0.717, 1.165) is 10.4 Å². The van der Waals surface area contributed by atoms with Crippen LogP contribution in [-0.2, 0) is 4.79 Å². The quantitative estimate of drug-likeness (QED) is 0.936. The number of anilines is 1. The Kier molecular flexibility index (Phi) is 4.47. The van der Waals surface area contributed by atoms with Crippen LogP contribution in [0.5, 0.6) is 5.75 Å². The lowest BCUT2D eigenvalue weighted by atomic mass is 10.2. The van der Waals surface area contributed by atoms with Crippen molar-refractivity contribution in [3.05, 3.63) is 51.1 Å². The minimum Gasteiger partial charge on any atom is -0.484 e.